The van der Waals surface area contributed by atoms with Crippen LogP contribution in [0.2, 0.25) is 10.0 Å². The Morgan fingerprint density at radius 1 is 1.10 bits per heavy atom. The van der Waals surface area contributed by atoms with Gasteiger partial charge in [0.15, 0.2) is 0 Å². The molecule has 21 heavy (non-hydrogen) atoms. The maximum atomic E-state index is 11.9. The molecule has 0 bridgehead atoms. The molecule has 2 rings (SSSR count). The van der Waals surface area contributed by atoms with Crippen LogP contribution in [0.5, 0.6) is 5.75 Å². The third kappa shape index (κ3) is 4.03. The molecule has 0 unspecified atom stereocenters. The van der Waals surface area contributed by atoms with E-state index in [-0.39, 0.29) is 0 Å². The largest absolute Gasteiger partial charge is 0.496 e. The number of carbonyl (C=O) groups excluding carboxylic acids is 1. The molecule has 6 heteroatoms. The van der Waals surface area contributed by atoms with Crippen LogP contribution in [0.1, 0.15) is 5.56 Å². The lowest BCUT2D eigenvalue weighted by molar-refractivity contribution is 0.251. The second-order valence-electron chi connectivity index (χ2n) is 4.22. The van der Waals surface area contributed by atoms with E-state index in [9.17, 15) is 4.79 Å². The second-order valence-corrected chi connectivity index (χ2v) is 5.03. The molecular weight excluding hydrogens is 311 g/mol. The number of para-hydroxylation sites is 2. The van der Waals surface area contributed by atoms with Gasteiger partial charge in [-0.15, -0.1) is 0 Å². The normalized spacial score (nSPS) is 10.0. The topological polar surface area (TPSA) is 50.4 Å². The zero-order valence-corrected chi connectivity index (χ0v) is 12.8. The molecule has 0 saturated heterocycles. The van der Waals surface area contributed by atoms with E-state index in [1.54, 1.807) is 25.3 Å². The minimum Gasteiger partial charge on any atom is -0.496 e. The first-order valence-corrected chi connectivity index (χ1v) is 6.98. The van der Waals surface area contributed by atoms with E-state index in [0.717, 1.165) is 5.56 Å². The number of benzene rings is 2. The number of ether oxygens (including phenoxy) is 1. The van der Waals surface area contributed by atoms with Crippen LogP contribution in [0.15, 0.2) is 42.5 Å². The summed E-state index contributed by atoms with van der Waals surface area (Å²) < 4.78 is 5.22. The van der Waals surface area contributed by atoms with E-state index < -0.39 is 6.03 Å². The summed E-state index contributed by atoms with van der Waals surface area (Å²) in [6.45, 7) is 0.331. The fourth-order valence-corrected chi connectivity index (χ4v) is 2.29. The van der Waals surface area contributed by atoms with Crippen molar-refractivity contribution >= 4 is 34.9 Å². The molecule has 110 valence electrons. The zero-order valence-electron chi connectivity index (χ0n) is 11.3. The smallest absolute Gasteiger partial charge is 0.319 e. The van der Waals surface area contributed by atoms with Crippen LogP contribution in [-0.4, -0.2) is 13.1 Å². The minimum atomic E-state index is -0.393. The molecule has 0 spiro atoms. The van der Waals surface area contributed by atoms with Gasteiger partial charge >= 0.3 is 6.03 Å². The molecular formula is C15H14Cl2N2O2. The van der Waals surface area contributed by atoms with Crippen LogP contribution in [0.25, 0.3) is 0 Å². The number of hydrogen-bond acceptors (Lipinski definition) is 2. The molecule has 2 amide bonds. The molecule has 0 aliphatic heterocycles. The first-order chi connectivity index (χ1) is 10.1. The highest BCUT2D eigenvalue weighted by Crippen LogP contribution is 2.29. The Labute approximate surface area is 133 Å². The van der Waals surface area contributed by atoms with Crippen LogP contribution in [0, 0.1) is 0 Å². The van der Waals surface area contributed by atoms with Gasteiger partial charge in [-0.3, -0.25) is 0 Å². The van der Waals surface area contributed by atoms with Crippen LogP contribution in [0.4, 0.5) is 10.5 Å². The standard InChI is InChI=1S/C15H14Cl2N2O2/c1-21-13-8-3-2-5-10(13)9-18-15(20)19-14-11(16)6-4-7-12(14)17/h2-8H,9H2,1H3,(H2,18,19,20). The van der Waals surface area contributed by atoms with Gasteiger partial charge in [-0.25, -0.2) is 4.79 Å². The van der Waals surface area contributed by atoms with Crippen LogP contribution < -0.4 is 15.4 Å². The van der Waals surface area contributed by atoms with Crippen molar-refractivity contribution in [2.75, 3.05) is 12.4 Å². The van der Waals surface area contributed by atoms with Gasteiger partial charge in [-0.05, 0) is 18.2 Å². The Hall–Kier alpha value is -1.91. The highest BCUT2D eigenvalue weighted by Gasteiger charge is 2.10. The highest BCUT2D eigenvalue weighted by atomic mass is 35.5. The van der Waals surface area contributed by atoms with Gasteiger partial charge in [0.2, 0.25) is 0 Å². The van der Waals surface area contributed by atoms with E-state index in [1.165, 1.54) is 0 Å². The van der Waals surface area contributed by atoms with Gasteiger partial charge in [-0.2, -0.15) is 0 Å². The fraction of sp³-hybridized carbons (Fsp3) is 0.133. The Morgan fingerprint density at radius 3 is 2.43 bits per heavy atom. The fourth-order valence-electron chi connectivity index (χ4n) is 1.80. The molecule has 0 heterocycles. The molecule has 2 N–H and O–H groups in total. The number of methoxy groups -OCH3 is 1. The molecule has 2 aromatic carbocycles. The van der Waals surface area contributed by atoms with E-state index in [4.69, 9.17) is 27.9 Å². The lowest BCUT2D eigenvalue weighted by Gasteiger charge is -2.12. The molecule has 0 atom stereocenters. The number of carbonyl (C=O) groups is 1. The molecule has 0 radical (unpaired) electrons. The number of rotatable bonds is 4. The maximum absolute atomic E-state index is 11.9. The van der Waals surface area contributed by atoms with Crippen LogP contribution >= 0.6 is 23.2 Å². The van der Waals surface area contributed by atoms with E-state index in [2.05, 4.69) is 10.6 Å². The van der Waals surface area contributed by atoms with Crippen molar-refractivity contribution in [1.82, 2.24) is 5.32 Å². The van der Waals surface area contributed by atoms with E-state index in [1.807, 2.05) is 24.3 Å². The molecule has 0 aliphatic rings. The third-order valence-electron chi connectivity index (χ3n) is 2.83. The monoisotopic (exact) mass is 324 g/mol. The SMILES string of the molecule is COc1ccccc1CNC(=O)Nc1c(Cl)cccc1Cl. The van der Waals surface area contributed by atoms with Gasteiger partial charge < -0.3 is 15.4 Å². The summed E-state index contributed by atoms with van der Waals surface area (Å²) in [4.78, 5) is 11.9. The van der Waals surface area contributed by atoms with Gasteiger partial charge in [0.25, 0.3) is 0 Å². The van der Waals surface area contributed by atoms with E-state index >= 15 is 0 Å². The van der Waals surface area contributed by atoms with Crippen molar-refractivity contribution in [1.29, 1.82) is 0 Å². The Bertz CT molecular complexity index is 627. The summed E-state index contributed by atoms with van der Waals surface area (Å²) in [5.41, 5.74) is 1.26. The van der Waals surface area contributed by atoms with Crippen LogP contribution in [0.3, 0.4) is 0 Å². The summed E-state index contributed by atoms with van der Waals surface area (Å²) in [5, 5.41) is 6.13. The van der Waals surface area contributed by atoms with Gasteiger partial charge in [-0.1, -0.05) is 47.5 Å². The van der Waals surface area contributed by atoms with Gasteiger partial charge in [0.1, 0.15) is 5.75 Å². The Morgan fingerprint density at radius 2 is 1.76 bits per heavy atom. The van der Waals surface area contributed by atoms with Crippen LogP contribution in [-0.2, 0) is 6.54 Å². The van der Waals surface area contributed by atoms with Gasteiger partial charge in [0.05, 0.1) is 22.8 Å². The first kappa shape index (κ1) is 15.5. The maximum Gasteiger partial charge on any atom is 0.319 e. The highest BCUT2D eigenvalue weighted by molar-refractivity contribution is 6.39. The molecule has 0 aliphatic carbocycles. The van der Waals surface area contributed by atoms with Crippen molar-refractivity contribution in [3.63, 3.8) is 0 Å². The average Bonchev–Trinajstić information content (AvgIpc) is 2.49. The molecule has 2 aromatic rings. The summed E-state index contributed by atoms with van der Waals surface area (Å²) >= 11 is 12.0. The molecule has 0 aromatic heterocycles. The second kappa shape index (κ2) is 7.20. The summed E-state index contributed by atoms with van der Waals surface area (Å²) in [6, 6.07) is 12.1. The van der Waals surface area contributed by atoms with Crippen molar-refractivity contribution in [3.05, 3.63) is 58.1 Å². The Balaban J connectivity index is 1.99. The lowest BCUT2D eigenvalue weighted by Crippen LogP contribution is -2.28. The predicted octanol–water partition coefficient (Wildman–Crippen LogP) is 4.32. The Kier molecular flexibility index (Phi) is 5.31. The van der Waals surface area contributed by atoms with Gasteiger partial charge in [0, 0.05) is 12.1 Å². The average molecular weight is 325 g/mol. The number of hydrogen-bond donors (Lipinski definition) is 2. The number of amides is 2. The third-order valence-corrected chi connectivity index (χ3v) is 3.46. The number of anilines is 1. The summed E-state index contributed by atoms with van der Waals surface area (Å²) in [7, 11) is 1.59. The minimum absolute atomic E-state index is 0.331. The number of nitrogens with one attached hydrogen (secondary N) is 2. The molecule has 0 fully saturated rings. The molecule has 0 saturated carbocycles. The quantitative estimate of drug-likeness (QED) is 0.879. The first-order valence-electron chi connectivity index (χ1n) is 6.22. The zero-order chi connectivity index (χ0) is 15.2. The summed E-state index contributed by atoms with van der Waals surface area (Å²) in [6.07, 6.45) is 0. The number of halogens is 2. The molecule has 4 nitrogen and oxygen atoms in total. The predicted molar refractivity (Wildman–Crippen MR) is 85.3 cm³/mol. The number of urea groups is 1. The van der Waals surface area contributed by atoms with Crippen molar-refractivity contribution in [2.45, 2.75) is 6.54 Å². The van der Waals surface area contributed by atoms with Crippen molar-refractivity contribution < 1.29 is 9.53 Å². The summed E-state index contributed by atoms with van der Waals surface area (Å²) in [5.74, 6) is 0.716. The van der Waals surface area contributed by atoms with Crippen molar-refractivity contribution in [2.24, 2.45) is 0 Å². The lowest BCUT2D eigenvalue weighted by atomic mass is 10.2. The van der Waals surface area contributed by atoms with E-state index in [0.29, 0.717) is 28.0 Å². The van der Waals surface area contributed by atoms with Crippen molar-refractivity contribution in [3.8, 4) is 5.75 Å².